The Kier molecular flexibility index (Phi) is 5.57. The number of amides is 4. The predicted octanol–water partition coefficient (Wildman–Crippen LogP) is 1.37. The second kappa shape index (κ2) is 8.79. The number of urea groups is 1. The van der Waals surface area contributed by atoms with Crippen LogP contribution in [0.15, 0.2) is 42.5 Å². The van der Waals surface area contributed by atoms with E-state index in [1.807, 2.05) is 42.5 Å². The molecule has 4 aliphatic rings. The van der Waals surface area contributed by atoms with Crippen molar-refractivity contribution in [1.82, 2.24) is 15.1 Å². The Morgan fingerprint density at radius 3 is 2.78 bits per heavy atom. The molecule has 1 spiro atoms. The largest absolute Gasteiger partial charge is 0.454 e. The summed E-state index contributed by atoms with van der Waals surface area (Å²) in [7, 11) is 1.51. The summed E-state index contributed by atoms with van der Waals surface area (Å²) in [4.78, 5) is 45.8. The van der Waals surface area contributed by atoms with Gasteiger partial charge in [-0.15, -0.1) is 0 Å². The zero-order valence-electron chi connectivity index (χ0n) is 20.1. The van der Waals surface area contributed by atoms with E-state index in [1.165, 1.54) is 7.11 Å². The van der Waals surface area contributed by atoms with Gasteiger partial charge in [-0.3, -0.25) is 24.7 Å². The number of piperazine rings is 1. The number of nitrogens with zero attached hydrogens (tertiary/aromatic N) is 3. The monoisotopic (exact) mass is 492 g/mol. The van der Waals surface area contributed by atoms with E-state index in [0.717, 1.165) is 39.8 Å². The number of nitrogens with one attached hydrogen (secondary N) is 1. The van der Waals surface area contributed by atoms with Gasteiger partial charge >= 0.3 is 6.03 Å². The highest BCUT2D eigenvalue weighted by Gasteiger charge is 2.62. The number of ether oxygens (including phenoxy) is 3. The number of para-hydroxylation sites is 1. The minimum atomic E-state index is -1.41. The quantitative estimate of drug-likeness (QED) is 0.625. The maximum Gasteiger partial charge on any atom is 0.330 e. The molecule has 1 N–H and O–H groups in total. The first-order chi connectivity index (χ1) is 17.5. The third-order valence-electron chi connectivity index (χ3n) is 7.66. The molecule has 0 radical (unpaired) electrons. The van der Waals surface area contributed by atoms with E-state index >= 15 is 0 Å². The summed E-state index contributed by atoms with van der Waals surface area (Å²) in [5.41, 5.74) is 1.62. The zero-order valence-corrected chi connectivity index (χ0v) is 20.1. The Hall–Kier alpha value is -3.63. The lowest BCUT2D eigenvalue weighted by Crippen LogP contribution is -2.75. The van der Waals surface area contributed by atoms with E-state index in [2.05, 4.69) is 15.1 Å². The molecule has 6 rings (SSSR count). The second-order valence-electron chi connectivity index (χ2n) is 9.62. The van der Waals surface area contributed by atoms with Crippen LogP contribution in [0.4, 0.5) is 10.5 Å². The average molecular weight is 493 g/mol. The van der Waals surface area contributed by atoms with Crippen molar-refractivity contribution in [2.24, 2.45) is 5.41 Å². The lowest BCUT2D eigenvalue weighted by atomic mass is 9.67. The van der Waals surface area contributed by atoms with Gasteiger partial charge in [0.15, 0.2) is 16.9 Å². The molecule has 0 aliphatic carbocycles. The topological polar surface area (TPSA) is 101 Å². The van der Waals surface area contributed by atoms with Crippen LogP contribution in [0.1, 0.15) is 11.1 Å². The number of barbiturate groups is 1. The molecule has 10 heteroatoms. The molecule has 4 amide bonds. The first kappa shape index (κ1) is 22.8. The minimum absolute atomic E-state index is 0.0888. The fraction of sp³-hybridized carbons (Fsp3) is 0.423. The van der Waals surface area contributed by atoms with Crippen LogP contribution in [-0.2, 0) is 27.3 Å². The number of hydrogen-bond donors (Lipinski definition) is 1. The molecule has 2 saturated heterocycles. The number of hydrogen-bond acceptors (Lipinski definition) is 8. The van der Waals surface area contributed by atoms with Gasteiger partial charge in [0.1, 0.15) is 0 Å². The first-order valence-corrected chi connectivity index (χ1v) is 12.1. The van der Waals surface area contributed by atoms with E-state index in [-0.39, 0.29) is 26.4 Å². The summed E-state index contributed by atoms with van der Waals surface area (Å²) in [5, 5.41) is 2.48. The van der Waals surface area contributed by atoms with Gasteiger partial charge in [0.25, 0.3) is 0 Å². The molecule has 2 atom stereocenters. The summed E-state index contributed by atoms with van der Waals surface area (Å²) in [6.45, 7) is 3.06. The minimum Gasteiger partial charge on any atom is -0.454 e. The maximum atomic E-state index is 14.0. The number of carbonyl (C=O) groups excluding carboxylic acids is 3. The van der Waals surface area contributed by atoms with Crippen LogP contribution in [0.25, 0.3) is 0 Å². The standard InChI is InChI=1S/C26H28N4O6/c1-34-11-10-30-24(32)26(23(31)27-25(30)33)13-18-4-2-3-5-19(18)29-9-8-28(15-22(26)29)14-17-6-7-20-21(12-17)36-16-35-20/h2-7,12,22H,8-11,13-16H2,1H3,(H,27,31,33)/t22-,26+/m1/s1. The van der Waals surface area contributed by atoms with E-state index in [0.29, 0.717) is 19.6 Å². The van der Waals surface area contributed by atoms with Crippen LogP contribution in [-0.4, -0.2) is 80.4 Å². The molecular weight excluding hydrogens is 464 g/mol. The van der Waals surface area contributed by atoms with Crippen LogP contribution >= 0.6 is 0 Å². The summed E-state index contributed by atoms with van der Waals surface area (Å²) < 4.78 is 16.1. The van der Waals surface area contributed by atoms with Gasteiger partial charge in [0, 0.05) is 39.0 Å². The molecule has 4 aliphatic heterocycles. The Morgan fingerprint density at radius 2 is 1.92 bits per heavy atom. The number of methoxy groups -OCH3 is 1. The van der Waals surface area contributed by atoms with Crippen molar-refractivity contribution >= 4 is 23.5 Å². The highest BCUT2D eigenvalue weighted by atomic mass is 16.7. The molecule has 2 aromatic rings. The smallest absolute Gasteiger partial charge is 0.330 e. The van der Waals surface area contributed by atoms with E-state index in [1.54, 1.807) is 0 Å². The summed E-state index contributed by atoms with van der Waals surface area (Å²) in [5.74, 6) is 0.475. The normalized spacial score (nSPS) is 25.1. The molecular formula is C26H28N4O6. The summed E-state index contributed by atoms with van der Waals surface area (Å²) in [6, 6.07) is 12.7. The van der Waals surface area contributed by atoms with Crippen LogP contribution < -0.4 is 19.7 Å². The molecule has 4 heterocycles. The molecule has 36 heavy (non-hydrogen) atoms. The first-order valence-electron chi connectivity index (χ1n) is 12.1. The van der Waals surface area contributed by atoms with Crippen molar-refractivity contribution in [3.63, 3.8) is 0 Å². The Labute approximate surface area is 208 Å². The summed E-state index contributed by atoms with van der Waals surface area (Å²) in [6.07, 6.45) is 0.240. The number of rotatable bonds is 5. The van der Waals surface area contributed by atoms with Gasteiger partial charge in [-0.2, -0.15) is 0 Å². The number of benzene rings is 2. The molecule has 2 aromatic carbocycles. The number of anilines is 1. The third-order valence-corrected chi connectivity index (χ3v) is 7.66. The van der Waals surface area contributed by atoms with Crippen LogP contribution in [0.5, 0.6) is 11.5 Å². The van der Waals surface area contributed by atoms with Crippen molar-refractivity contribution in [2.75, 3.05) is 51.6 Å². The van der Waals surface area contributed by atoms with Gasteiger partial charge in [-0.1, -0.05) is 24.3 Å². The Bertz CT molecular complexity index is 1230. The number of imide groups is 2. The van der Waals surface area contributed by atoms with E-state index in [4.69, 9.17) is 14.2 Å². The van der Waals surface area contributed by atoms with Gasteiger partial charge in [0.2, 0.25) is 18.6 Å². The molecule has 0 bridgehead atoms. The van der Waals surface area contributed by atoms with Crippen LogP contribution in [0.2, 0.25) is 0 Å². The molecule has 10 nitrogen and oxygen atoms in total. The van der Waals surface area contributed by atoms with Crippen molar-refractivity contribution in [1.29, 1.82) is 0 Å². The summed E-state index contributed by atoms with van der Waals surface area (Å²) >= 11 is 0. The van der Waals surface area contributed by atoms with Crippen LogP contribution in [0, 0.1) is 5.41 Å². The molecule has 0 saturated carbocycles. The lowest BCUT2D eigenvalue weighted by molar-refractivity contribution is -0.155. The van der Waals surface area contributed by atoms with Crippen molar-refractivity contribution in [3.8, 4) is 11.5 Å². The molecule has 2 fully saturated rings. The van der Waals surface area contributed by atoms with Crippen molar-refractivity contribution in [2.45, 2.75) is 19.0 Å². The Morgan fingerprint density at radius 1 is 1.08 bits per heavy atom. The fourth-order valence-electron chi connectivity index (χ4n) is 5.89. The SMILES string of the molecule is COCCN1C(=O)NC(=O)[C@@]2(Cc3ccccc3N3CCN(Cc4ccc5c(c4)OCO5)C[C@@H]32)C1=O. The number of fused-ring (bicyclic) bond motifs is 5. The van der Waals surface area contributed by atoms with E-state index in [9.17, 15) is 14.4 Å². The predicted molar refractivity (Wildman–Crippen MR) is 129 cm³/mol. The van der Waals surface area contributed by atoms with Gasteiger partial charge in [-0.05, 0) is 35.7 Å². The molecule has 0 unspecified atom stereocenters. The third kappa shape index (κ3) is 3.51. The number of carbonyl (C=O) groups is 3. The second-order valence-corrected chi connectivity index (χ2v) is 9.62. The van der Waals surface area contributed by atoms with Crippen LogP contribution in [0.3, 0.4) is 0 Å². The highest BCUT2D eigenvalue weighted by Crippen LogP contribution is 2.45. The fourth-order valence-corrected chi connectivity index (χ4v) is 5.89. The maximum absolute atomic E-state index is 14.0. The lowest BCUT2D eigenvalue weighted by Gasteiger charge is -2.55. The average Bonchev–Trinajstić information content (AvgIpc) is 3.35. The van der Waals surface area contributed by atoms with Gasteiger partial charge in [-0.25, -0.2) is 4.79 Å². The van der Waals surface area contributed by atoms with Crippen molar-refractivity contribution in [3.05, 3.63) is 53.6 Å². The molecule has 188 valence electrons. The zero-order chi connectivity index (χ0) is 24.9. The highest BCUT2D eigenvalue weighted by molar-refractivity contribution is 6.20. The van der Waals surface area contributed by atoms with Gasteiger partial charge < -0.3 is 19.1 Å². The Balaban J connectivity index is 1.35. The van der Waals surface area contributed by atoms with Crippen molar-refractivity contribution < 1.29 is 28.6 Å². The van der Waals surface area contributed by atoms with Gasteiger partial charge in [0.05, 0.1) is 19.2 Å². The molecule has 0 aromatic heterocycles. The van der Waals surface area contributed by atoms with E-state index < -0.39 is 29.3 Å².